The largest absolute Gasteiger partial charge is 0.481 e. The first-order chi connectivity index (χ1) is 9.74. The van der Waals surface area contributed by atoms with Crippen molar-refractivity contribution in [3.05, 3.63) is 29.3 Å². The monoisotopic (exact) mass is 301 g/mol. The molecule has 0 atom stereocenters. The molecule has 0 unspecified atom stereocenters. The number of carboxylic acid groups (broad SMARTS) is 1. The van der Waals surface area contributed by atoms with Gasteiger partial charge in [0, 0.05) is 6.54 Å². The van der Waals surface area contributed by atoms with Gasteiger partial charge >= 0.3 is 18.2 Å². The molecule has 0 bridgehead atoms. The molecule has 0 radical (unpaired) electrons. The molecule has 1 aromatic carbocycles. The van der Waals surface area contributed by atoms with E-state index in [0.29, 0.717) is 6.07 Å². The Morgan fingerprint density at radius 1 is 1.33 bits per heavy atom. The van der Waals surface area contributed by atoms with Crippen LogP contribution in [0.2, 0.25) is 0 Å². The number of benzene rings is 1. The molecule has 9 heteroatoms. The van der Waals surface area contributed by atoms with Crippen LogP contribution in [0.5, 0.6) is 0 Å². The van der Waals surface area contributed by atoms with Gasteiger partial charge in [0.05, 0.1) is 23.2 Å². The first-order valence-corrected chi connectivity index (χ1v) is 5.62. The minimum absolute atomic E-state index is 0.0988. The fraction of sp³-hybridized carbons (Fsp3) is 0.250. The zero-order chi connectivity index (χ0) is 16.0. The number of anilines is 1. The van der Waals surface area contributed by atoms with E-state index in [9.17, 15) is 22.8 Å². The second-order valence-corrected chi connectivity index (χ2v) is 3.89. The summed E-state index contributed by atoms with van der Waals surface area (Å²) < 4.78 is 37.4. The number of hydrogen-bond acceptors (Lipinski definition) is 3. The average Bonchev–Trinajstić information content (AvgIpc) is 2.37. The lowest BCUT2D eigenvalue weighted by Crippen LogP contribution is -2.30. The Bertz CT molecular complexity index is 594. The van der Waals surface area contributed by atoms with Crippen molar-refractivity contribution in [3.63, 3.8) is 0 Å². The normalized spacial score (nSPS) is 10.6. The molecule has 21 heavy (non-hydrogen) atoms. The van der Waals surface area contributed by atoms with Crippen molar-refractivity contribution in [3.8, 4) is 6.07 Å². The number of aliphatic carboxylic acids is 1. The van der Waals surface area contributed by atoms with Crippen molar-refractivity contribution in [2.45, 2.75) is 12.6 Å². The molecular weight excluding hydrogens is 291 g/mol. The molecule has 0 aliphatic heterocycles. The van der Waals surface area contributed by atoms with E-state index >= 15 is 0 Å². The number of carbonyl (C=O) groups excluding carboxylic acids is 1. The van der Waals surface area contributed by atoms with E-state index in [1.54, 1.807) is 6.07 Å². The summed E-state index contributed by atoms with van der Waals surface area (Å²) >= 11 is 0. The molecule has 3 N–H and O–H groups in total. The maximum atomic E-state index is 12.5. The molecule has 6 nitrogen and oxygen atoms in total. The van der Waals surface area contributed by atoms with E-state index in [2.05, 4.69) is 10.6 Å². The Morgan fingerprint density at radius 3 is 2.52 bits per heavy atom. The van der Waals surface area contributed by atoms with Crippen LogP contribution in [0.4, 0.5) is 23.7 Å². The number of urea groups is 1. The van der Waals surface area contributed by atoms with Gasteiger partial charge in [0.2, 0.25) is 0 Å². The van der Waals surface area contributed by atoms with E-state index < -0.39 is 23.7 Å². The number of halogens is 3. The van der Waals surface area contributed by atoms with Gasteiger partial charge in [0.1, 0.15) is 6.07 Å². The third kappa shape index (κ3) is 5.02. The van der Waals surface area contributed by atoms with Gasteiger partial charge in [-0.15, -0.1) is 0 Å². The molecule has 0 saturated carbocycles. The quantitative estimate of drug-likeness (QED) is 0.793. The molecule has 0 aliphatic rings. The molecule has 0 saturated heterocycles. The molecule has 0 fully saturated rings. The van der Waals surface area contributed by atoms with Gasteiger partial charge in [-0.25, -0.2) is 4.79 Å². The van der Waals surface area contributed by atoms with Crippen molar-refractivity contribution in [2.75, 3.05) is 11.9 Å². The zero-order valence-corrected chi connectivity index (χ0v) is 10.5. The van der Waals surface area contributed by atoms with Crippen LogP contribution >= 0.6 is 0 Å². The van der Waals surface area contributed by atoms with Crippen LogP contribution in [0.25, 0.3) is 0 Å². The minimum atomic E-state index is -4.59. The maximum Gasteiger partial charge on any atom is 0.416 e. The minimum Gasteiger partial charge on any atom is -0.481 e. The molecule has 0 spiro atoms. The highest BCUT2D eigenvalue weighted by Crippen LogP contribution is 2.31. The highest BCUT2D eigenvalue weighted by Gasteiger charge is 2.31. The van der Waals surface area contributed by atoms with Crippen LogP contribution < -0.4 is 10.6 Å². The molecule has 0 heterocycles. The zero-order valence-electron chi connectivity index (χ0n) is 10.5. The molecule has 112 valence electrons. The number of carboxylic acids is 1. The Labute approximate surface area is 117 Å². The molecule has 1 rings (SSSR count). The fourth-order valence-corrected chi connectivity index (χ4v) is 1.37. The van der Waals surface area contributed by atoms with Crippen molar-refractivity contribution in [1.82, 2.24) is 5.32 Å². The average molecular weight is 301 g/mol. The fourth-order valence-electron chi connectivity index (χ4n) is 1.37. The summed E-state index contributed by atoms with van der Waals surface area (Å²) in [7, 11) is 0. The standard InChI is InChI=1S/C12H10F3N3O3/c13-12(14,15)8-1-2-9(7(5-8)6-16)18-11(21)17-4-3-10(19)20/h1-2,5H,3-4H2,(H,19,20)(H2,17,18,21). The van der Waals surface area contributed by atoms with Crippen LogP contribution in [-0.2, 0) is 11.0 Å². The first kappa shape index (κ1) is 16.3. The van der Waals surface area contributed by atoms with Gasteiger partial charge in [-0.1, -0.05) is 0 Å². The summed E-state index contributed by atoms with van der Waals surface area (Å²) in [5, 5.41) is 21.6. The SMILES string of the molecule is N#Cc1cc(C(F)(F)F)ccc1NC(=O)NCCC(=O)O. The second kappa shape index (κ2) is 6.60. The summed E-state index contributed by atoms with van der Waals surface area (Å²) in [6.07, 6.45) is -4.89. The Hall–Kier alpha value is -2.76. The van der Waals surface area contributed by atoms with E-state index in [-0.39, 0.29) is 24.2 Å². The van der Waals surface area contributed by atoms with Crippen LogP contribution in [0, 0.1) is 11.3 Å². The lowest BCUT2D eigenvalue weighted by atomic mass is 10.1. The van der Waals surface area contributed by atoms with Gasteiger partial charge in [-0.05, 0) is 18.2 Å². The van der Waals surface area contributed by atoms with E-state index in [1.807, 2.05) is 0 Å². The van der Waals surface area contributed by atoms with Gasteiger partial charge < -0.3 is 15.7 Å². The van der Waals surface area contributed by atoms with Crippen LogP contribution in [0.3, 0.4) is 0 Å². The summed E-state index contributed by atoms with van der Waals surface area (Å²) in [5.74, 6) is -1.11. The van der Waals surface area contributed by atoms with Crippen molar-refractivity contribution in [1.29, 1.82) is 5.26 Å². The summed E-state index contributed by atoms with van der Waals surface area (Å²) in [5.41, 5.74) is -1.45. The maximum absolute atomic E-state index is 12.5. The highest BCUT2D eigenvalue weighted by atomic mass is 19.4. The smallest absolute Gasteiger partial charge is 0.416 e. The number of hydrogen-bond donors (Lipinski definition) is 3. The van der Waals surface area contributed by atoms with Crippen LogP contribution in [0.15, 0.2) is 18.2 Å². The third-order valence-corrected chi connectivity index (χ3v) is 2.34. The first-order valence-electron chi connectivity index (χ1n) is 5.62. The number of rotatable bonds is 4. The predicted octanol–water partition coefficient (Wildman–Crippen LogP) is 2.17. The van der Waals surface area contributed by atoms with E-state index in [0.717, 1.165) is 12.1 Å². The predicted molar refractivity (Wildman–Crippen MR) is 65.4 cm³/mol. The summed E-state index contributed by atoms with van der Waals surface area (Å²) in [6, 6.07) is 3.04. The Morgan fingerprint density at radius 2 is 2.00 bits per heavy atom. The van der Waals surface area contributed by atoms with Crippen molar-refractivity contribution in [2.24, 2.45) is 0 Å². The number of nitrogens with one attached hydrogen (secondary N) is 2. The Balaban J connectivity index is 2.78. The third-order valence-electron chi connectivity index (χ3n) is 2.34. The molecule has 0 aromatic heterocycles. The van der Waals surface area contributed by atoms with Crippen LogP contribution in [0.1, 0.15) is 17.5 Å². The molecule has 2 amide bonds. The summed E-state index contributed by atoms with van der Waals surface area (Å²) in [6.45, 7) is -0.149. The molecule has 1 aromatic rings. The van der Waals surface area contributed by atoms with E-state index in [4.69, 9.17) is 10.4 Å². The number of nitrogens with zero attached hydrogens (tertiary/aromatic N) is 1. The number of nitriles is 1. The van der Waals surface area contributed by atoms with Gasteiger partial charge in [0.15, 0.2) is 0 Å². The highest BCUT2D eigenvalue weighted by molar-refractivity contribution is 5.91. The number of alkyl halides is 3. The van der Waals surface area contributed by atoms with Crippen LogP contribution in [-0.4, -0.2) is 23.7 Å². The lowest BCUT2D eigenvalue weighted by molar-refractivity contribution is -0.138. The van der Waals surface area contributed by atoms with Crippen molar-refractivity contribution >= 4 is 17.7 Å². The van der Waals surface area contributed by atoms with Gasteiger partial charge in [0.25, 0.3) is 0 Å². The Kier molecular flexibility index (Phi) is 5.12. The number of carbonyl (C=O) groups is 2. The second-order valence-electron chi connectivity index (χ2n) is 3.89. The topological polar surface area (TPSA) is 102 Å². The number of amides is 2. The van der Waals surface area contributed by atoms with Crippen molar-refractivity contribution < 1.29 is 27.9 Å². The molecular formula is C12H10F3N3O3. The van der Waals surface area contributed by atoms with Gasteiger partial charge in [-0.2, -0.15) is 18.4 Å². The summed E-state index contributed by atoms with van der Waals surface area (Å²) in [4.78, 5) is 21.6. The lowest BCUT2D eigenvalue weighted by Gasteiger charge is -2.11. The van der Waals surface area contributed by atoms with Gasteiger partial charge in [-0.3, -0.25) is 4.79 Å². The van der Waals surface area contributed by atoms with E-state index in [1.165, 1.54) is 0 Å². The molecule has 0 aliphatic carbocycles.